The molecule has 0 aromatic heterocycles. The van der Waals surface area contributed by atoms with Crippen LogP contribution in [0.15, 0.2) is 18.2 Å². The number of aromatic hydroxyl groups is 1. The van der Waals surface area contributed by atoms with Gasteiger partial charge >= 0.3 is 24.2 Å². The number of aryl methyl sites for hydroxylation is 1. The van der Waals surface area contributed by atoms with E-state index < -0.39 is 82.6 Å². The van der Waals surface area contributed by atoms with Crippen LogP contribution in [0.25, 0.3) is 0 Å². The van der Waals surface area contributed by atoms with Gasteiger partial charge in [-0.25, -0.2) is 19.2 Å². The number of carbonyl (C=O) groups is 4. The molecule has 7 aliphatic heterocycles. The molecule has 1 spiro atoms. The van der Waals surface area contributed by atoms with Gasteiger partial charge in [0.2, 0.25) is 6.79 Å². The maximum atomic E-state index is 15.2. The number of aliphatic hydroxyl groups excluding tert-OH is 1. The highest BCUT2D eigenvalue weighted by Crippen LogP contribution is 2.64. The van der Waals surface area contributed by atoms with E-state index in [0.29, 0.717) is 70.0 Å². The molecule has 378 valence electrons. The van der Waals surface area contributed by atoms with Crippen molar-refractivity contribution in [2.75, 3.05) is 47.0 Å². The molecule has 10 rings (SSSR count). The zero-order chi connectivity index (χ0) is 50.5. The van der Waals surface area contributed by atoms with Crippen molar-refractivity contribution in [3.8, 4) is 40.2 Å². The van der Waals surface area contributed by atoms with E-state index in [1.807, 2.05) is 24.9 Å². The number of nitrogens with one attached hydrogen (secondary N) is 2. The molecule has 0 saturated carbocycles. The molecule has 2 fully saturated rings. The average molecular weight is 991 g/mol. The molecule has 7 heterocycles. The van der Waals surface area contributed by atoms with E-state index in [9.17, 15) is 24.6 Å². The van der Waals surface area contributed by atoms with E-state index in [0.717, 1.165) is 11.1 Å². The second-order valence-electron chi connectivity index (χ2n) is 20.7. The van der Waals surface area contributed by atoms with Crippen molar-refractivity contribution in [1.82, 2.24) is 20.4 Å². The number of methoxy groups -OCH3 is 2. The second-order valence-corrected chi connectivity index (χ2v) is 21.8. The van der Waals surface area contributed by atoms with E-state index in [1.54, 1.807) is 60.6 Å². The molecule has 3 aromatic rings. The minimum Gasteiger partial charge on any atom is -0.504 e. The van der Waals surface area contributed by atoms with Crippen molar-refractivity contribution in [2.45, 2.75) is 134 Å². The van der Waals surface area contributed by atoms with Crippen molar-refractivity contribution in [3.63, 3.8) is 0 Å². The van der Waals surface area contributed by atoms with Crippen molar-refractivity contribution in [2.24, 2.45) is 0 Å². The van der Waals surface area contributed by atoms with Crippen LogP contribution in [0.4, 0.5) is 9.59 Å². The largest absolute Gasteiger partial charge is 0.514 e. The average Bonchev–Trinajstić information content (AvgIpc) is 3.76. The Balaban J connectivity index is 1.24. The third kappa shape index (κ3) is 8.27. The van der Waals surface area contributed by atoms with Crippen LogP contribution in [-0.4, -0.2) is 127 Å². The summed E-state index contributed by atoms with van der Waals surface area (Å²) in [6, 6.07) is 1.41. The second kappa shape index (κ2) is 17.9. The number of likely N-dealkylation sites (N-methyl/N-ethyl adjacent to an activating group) is 1. The lowest BCUT2D eigenvalue weighted by molar-refractivity contribution is -0.186. The van der Waals surface area contributed by atoms with Crippen molar-refractivity contribution >= 4 is 35.9 Å². The molecule has 1 unspecified atom stereocenters. The number of thioether (sulfide) groups is 1. The first-order valence-corrected chi connectivity index (χ1v) is 24.4. The molecule has 0 aliphatic carbocycles. The number of phenols is 1. The van der Waals surface area contributed by atoms with Crippen LogP contribution < -0.4 is 39.1 Å². The summed E-state index contributed by atoms with van der Waals surface area (Å²) in [4.78, 5) is 59.4. The molecular formula is C50H62N4O15S. The molecule has 1 amide bonds. The Morgan fingerprint density at radius 1 is 0.914 bits per heavy atom. The number of amides is 1. The Hall–Kier alpha value is -5.67. The summed E-state index contributed by atoms with van der Waals surface area (Å²) in [5, 5.41) is 30.4. The molecular weight excluding hydrogens is 929 g/mol. The van der Waals surface area contributed by atoms with Gasteiger partial charge in [0, 0.05) is 40.6 Å². The number of nitrogens with zero attached hydrogens (tertiary/aromatic N) is 2. The zero-order valence-electron chi connectivity index (χ0n) is 41.5. The molecule has 7 aliphatic rings. The van der Waals surface area contributed by atoms with Gasteiger partial charge < -0.3 is 58.2 Å². The number of carbonyl (C=O) groups excluding carboxylic acids is 4. The van der Waals surface area contributed by atoms with Gasteiger partial charge in [-0.2, -0.15) is 0 Å². The molecule has 8 atom stereocenters. The van der Waals surface area contributed by atoms with Crippen LogP contribution in [0.3, 0.4) is 0 Å². The molecule has 2 saturated heterocycles. The van der Waals surface area contributed by atoms with Gasteiger partial charge in [-0.15, -0.1) is 11.8 Å². The molecule has 70 heavy (non-hydrogen) atoms. The first-order chi connectivity index (χ1) is 33.0. The molecule has 0 radical (unpaired) electrons. The highest BCUT2D eigenvalue weighted by molar-refractivity contribution is 7.99. The van der Waals surface area contributed by atoms with Crippen molar-refractivity contribution in [1.29, 1.82) is 0 Å². The standard InChI is InChI=1S/C50H62N4O15S/c1-22-15-26-16-28-43(56)54-29-19-63-45(58)50(27-18-30(61-11)31(17-25(27)13-14-51-50)66-47(60)69-49(7,8)9)20-70-42(36(54)35(53(28)10)32(26)37(55)38(22)62-12)34-33(29)41-40(64-21-65-41)23(2)39(34)67-44(57)24(3)52-46(59)68-48(4,5)6/h15,17-18,24,28-29,35-36,42-43,51,55-56H,13-14,16,19-21H2,1-12H3,(H,52,59)/t24-,28-,29-,35+,36?,42+,43-,50+/m0/s1. The normalized spacial score (nSPS) is 26.1. The quantitative estimate of drug-likeness (QED) is 0.0975. The van der Waals surface area contributed by atoms with E-state index in [-0.39, 0.29) is 42.2 Å². The highest BCUT2D eigenvalue weighted by Gasteiger charge is 2.61. The van der Waals surface area contributed by atoms with E-state index in [4.69, 9.17) is 42.6 Å². The molecule has 19 nitrogen and oxygen atoms in total. The number of hydrogen-bond donors (Lipinski definition) is 4. The molecule has 4 N–H and O–H groups in total. The highest BCUT2D eigenvalue weighted by atomic mass is 32.2. The summed E-state index contributed by atoms with van der Waals surface area (Å²) >= 11 is 1.38. The van der Waals surface area contributed by atoms with E-state index >= 15 is 4.79 Å². The van der Waals surface area contributed by atoms with Crippen LogP contribution in [0.2, 0.25) is 0 Å². The van der Waals surface area contributed by atoms with Crippen LogP contribution in [0, 0.1) is 13.8 Å². The lowest BCUT2D eigenvalue weighted by atomic mass is 9.73. The Bertz CT molecular complexity index is 2660. The number of piperazine rings is 1. The number of alkyl carbamates (subject to hydrolysis) is 1. The summed E-state index contributed by atoms with van der Waals surface area (Å²) < 4.78 is 53.6. The first-order valence-electron chi connectivity index (χ1n) is 23.4. The molecule has 3 aromatic carbocycles. The van der Waals surface area contributed by atoms with Crippen LogP contribution in [0.1, 0.15) is 110 Å². The predicted octanol–water partition coefficient (Wildman–Crippen LogP) is 5.91. The van der Waals surface area contributed by atoms with Crippen molar-refractivity contribution < 1.29 is 72.0 Å². The number of rotatable bonds is 6. The van der Waals surface area contributed by atoms with Gasteiger partial charge in [-0.3, -0.25) is 15.1 Å². The van der Waals surface area contributed by atoms with Gasteiger partial charge in [-0.1, -0.05) is 6.07 Å². The Labute approximate surface area is 410 Å². The fourth-order valence-electron chi connectivity index (χ4n) is 11.0. The third-order valence-electron chi connectivity index (χ3n) is 13.9. The SMILES string of the molecule is COc1cc2c(cc1OC(=O)OC(C)(C)C)CCN[C@]21CS[C@@H]2c3c(OC(=O)[C@H](C)NC(=O)OC(C)(C)C)c(C)c4c(c3[C@H](COC1=O)N1C2[C@H]2c3c(cc(C)c(OC)c3O)C[C@@H]([C@@H]1O)N2C)OCO4. The number of ether oxygens (including phenoxy) is 9. The van der Waals surface area contributed by atoms with Crippen molar-refractivity contribution in [3.05, 3.63) is 62.7 Å². The lowest BCUT2D eigenvalue weighted by Crippen LogP contribution is -2.70. The van der Waals surface area contributed by atoms with Crippen LogP contribution in [-0.2, 0) is 42.2 Å². The predicted molar refractivity (Wildman–Crippen MR) is 253 cm³/mol. The van der Waals surface area contributed by atoms with Crippen LogP contribution >= 0.6 is 11.8 Å². The minimum absolute atomic E-state index is 0.0108. The molecule has 20 heteroatoms. The minimum atomic E-state index is -1.53. The number of esters is 2. The monoisotopic (exact) mass is 990 g/mol. The Kier molecular flexibility index (Phi) is 12.6. The van der Waals surface area contributed by atoms with Gasteiger partial charge in [0.25, 0.3) is 0 Å². The van der Waals surface area contributed by atoms with E-state index in [1.165, 1.54) is 32.9 Å². The van der Waals surface area contributed by atoms with E-state index in [2.05, 4.69) is 15.5 Å². The fraction of sp³-hybridized carbons (Fsp3) is 0.560. The summed E-state index contributed by atoms with van der Waals surface area (Å²) in [5.41, 5.74) is 1.73. The lowest BCUT2D eigenvalue weighted by Gasteiger charge is -2.62. The summed E-state index contributed by atoms with van der Waals surface area (Å²) in [6.07, 6.45) is -2.05. The summed E-state index contributed by atoms with van der Waals surface area (Å²) in [7, 11) is 4.86. The maximum Gasteiger partial charge on any atom is 0.514 e. The van der Waals surface area contributed by atoms with Gasteiger partial charge in [0.1, 0.15) is 35.8 Å². The zero-order valence-corrected chi connectivity index (χ0v) is 42.3. The number of benzene rings is 3. The van der Waals surface area contributed by atoms with Crippen LogP contribution in [0.5, 0.6) is 40.2 Å². The number of phenolic OH excluding ortho intramolecular Hbond substituents is 1. The number of fused-ring (bicyclic) bond motifs is 9. The molecule has 4 bridgehead atoms. The fourth-order valence-corrected chi connectivity index (χ4v) is 12.7. The number of hydrogen-bond acceptors (Lipinski definition) is 19. The smallest absolute Gasteiger partial charge is 0.504 e. The summed E-state index contributed by atoms with van der Waals surface area (Å²) in [5.74, 6) is 0.00666. The Morgan fingerprint density at radius 3 is 2.31 bits per heavy atom. The van der Waals surface area contributed by atoms with Gasteiger partial charge in [0.05, 0.1) is 37.6 Å². The third-order valence-corrected chi connectivity index (χ3v) is 15.4. The topological polar surface area (TPSA) is 222 Å². The van der Waals surface area contributed by atoms with Gasteiger partial charge in [0.15, 0.2) is 40.0 Å². The first kappa shape index (κ1) is 49.3. The van der Waals surface area contributed by atoms with Gasteiger partial charge in [-0.05, 0) is 117 Å². The Morgan fingerprint density at radius 2 is 1.63 bits per heavy atom. The number of aliphatic hydroxyl groups is 1. The maximum absolute atomic E-state index is 15.2. The summed E-state index contributed by atoms with van der Waals surface area (Å²) in [6.45, 7) is 15.3.